The zero-order chi connectivity index (χ0) is 20.5. The summed E-state index contributed by atoms with van der Waals surface area (Å²) in [5.74, 6) is 1.24. The van der Waals surface area contributed by atoms with Gasteiger partial charge in [-0.05, 0) is 36.2 Å². The van der Waals surface area contributed by atoms with E-state index in [4.69, 9.17) is 0 Å². The van der Waals surface area contributed by atoms with Crippen LogP contribution in [0.1, 0.15) is 50.5 Å². The Morgan fingerprint density at radius 1 is 1.10 bits per heavy atom. The minimum Gasteiger partial charge on any atom is -0.328 e. The van der Waals surface area contributed by atoms with Crippen LogP contribution in [0.3, 0.4) is 0 Å². The van der Waals surface area contributed by atoms with Gasteiger partial charge in [-0.2, -0.15) is 0 Å². The van der Waals surface area contributed by atoms with Gasteiger partial charge in [0, 0.05) is 17.8 Å². The van der Waals surface area contributed by atoms with Crippen LogP contribution in [0.2, 0.25) is 0 Å². The largest absolute Gasteiger partial charge is 0.328 e. The Labute approximate surface area is 173 Å². The molecule has 3 aromatic heterocycles. The van der Waals surface area contributed by atoms with Crippen LogP contribution in [-0.2, 0) is 0 Å². The molecule has 150 valence electrons. The number of urea groups is 1. The Balaban J connectivity index is 1.53. The van der Waals surface area contributed by atoms with E-state index in [1.807, 2.05) is 60.8 Å². The third-order valence-corrected chi connectivity index (χ3v) is 6.05. The zero-order valence-corrected chi connectivity index (χ0v) is 17.7. The van der Waals surface area contributed by atoms with Crippen LogP contribution >= 0.6 is 11.3 Å². The fourth-order valence-corrected chi connectivity index (χ4v) is 4.19. The number of nitrogens with zero attached hydrogens (tertiary/aromatic N) is 4. The molecule has 1 unspecified atom stereocenters. The minimum absolute atomic E-state index is 0.144. The number of amides is 2. The molecule has 2 N–H and O–H groups in total. The maximum atomic E-state index is 12.7. The summed E-state index contributed by atoms with van der Waals surface area (Å²) in [6, 6.07) is 11.0. The predicted octanol–water partition coefficient (Wildman–Crippen LogP) is 4.98. The Morgan fingerprint density at radius 3 is 2.69 bits per heavy atom. The quantitative estimate of drug-likeness (QED) is 0.488. The monoisotopic (exact) mass is 408 g/mol. The van der Waals surface area contributed by atoms with Crippen LogP contribution in [0.4, 0.5) is 10.5 Å². The molecule has 0 aliphatic rings. The highest BCUT2D eigenvalue weighted by molar-refractivity contribution is 7.18. The summed E-state index contributed by atoms with van der Waals surface area (Å²) in [7, 11) is 0. The van der Waals surface area contributed by atoms with Crippen molar-refractivity contribution in [1.29, 1.82) is 0 Å². The van der Waals surface area contributed by atoms with Crippen LogP contribution in [-0.4, -0.2) is 25.6 Å². The molecule has 1 aromatic carbocycles. The molecule has 0 aliphatic heterocycles. The van der Waals surface area contributed by atoms with Crippen molar-refractivity contribution >= 4 is 38.9 Å². The van der Waals surface area contributed by atoms with Gasteiger partial charge in [0.25, 0.3) is 0 Å². The molecule has 7 nitrogen and oxygen atoms in total. The molecule has 4 aromatic rings. The predicted molar refractivity (Wildman–Crippen MR) is 116 cm³/mol. The van der Waals surface area contributed by atoms with Crippen LogP contribution in [0.25, 0.3) is 15.9 Å². The van der Waals surface area contributed by atoms with Crippen molar-refractivity contribution in [2.75, 3.05) is 5.32 Å². The SMILES string of the molecule is CC(C)c1nc2ccc(NC(=O)NC(c3nnc4ccccn34)C(C)C)cc2s1. The summed E-state index contributed by atoms with van der Waals surface area (Å²) >= 11 is 1.66. The van der Waals surface area contributed by atoms with Gasteiger partial charge >= 0.3 is 6.03 Å². The molecule has 4 rings (SSSR count). The van der Waals surface area contributed by atoms with Crippen molar-refractivity contribution in [2.45, 2.75) is 39.7 Å². The molecule has 3 heterocycles. The molecule has 0 radical (unpaired) electrons. The summed E-state index contributed by atoms with van der Waals surface area (Å²) in [5, 5.41) is 15.6. The lowest BCUT2D eigenvalue weighted by atomic mass is 10.0. The fraction of sp³-hybridized carbons (Fsp3) is 0.333. The number of rotatable bonds is 5. The van der Waals surface area contributed by atoms with E-state index in [1.54, 1.807) is 11.3 Å². The average Bonchev–Trinajstić information content (AvgIpc) is 3.30. The third-order valence-electron chi connectivity index (χ3n) is 4.73. The number of thiazole rings is 1. The molecule has 0 spiro atoms. The highest BCUT2D eigenvalue weighted by Gasteiger charge is 2.23. The molecule has 0 fully saturated rings. The lowest BCUT2D eigenvalue weighted by Crippen LogP contribution is -2.36. The number of hydrogen-bond donors (Lipinski definition) is 2. The van der Waals surface area contributed by atoms with E-state index >= 15 is 0 Å². The fourth-order valence-electron chi connectivity index (χ4n) is 3.18. The van der Waals surface area contributed by atoms with Crippen LogP contribution in [0.5, 0.6) is 0 Å². The first kappa shape index (κ1) is 19.3. The molecule has 8 heteroatoms. The Hall–Kier alpha value is -3.00. The lowest BCUT2D eigenvalue weighted by molar-refractivity contribution is 0.243. The second-order valence-corrected chi connectivity index (χ2v) is 8.76. The molecular weight excluding hydrogens is 384 g/mol. The number of anilines is 1. The summed E-state index contributed by atoms with van der Waals surface area (Å²) in [6.07, 6.45) is 1.91. The van der Waals surface area contributed by atoms with Gasteiger partial charge in [0.05, 0.1) is 21.3 Å². The van der Waals surface area contributed by atoms with Gasteiger partial charge in [0.1, 0.15) is 0 Å². The highest BCUT2D eigenvalue weighted by Crippen LogP contribution is 2.29. The highest BCUT2D eigenvalue weighted by atomic mass is 32.1. The van der Waals surface area contributed by atoms with Gasteiger partial charge in [-0.3, -0.25) is 4.40 Å². The van der Waals surface area contributed by atoms with Crippen molar-refractivity contribution < 1.29 is 4.79 Å². The number of fused-ring (bicyclic) bond motifs is 2. The van der Waals surface area contributed by atoms with Crippen LogP contribution < -0.4 is 10.6 Å². The number of hydrogen-bond acceptors (Lipinski definition) is 5. The van der Waals surface area contributed by atoms with Crippen molar-refractivity contribution in [3.63, 3.8) is 0 Å². The summed E-state index contributed by atoms with van der Waals surface area (Å²) in [4.78, 5) is 17.4. The number of benzene rings is 1. The van der Waals surface area contributed by atoms with Gasteiger partial charge < -0.3 is 10.6 Å². The van der Waals surface area contributed by atoms with E-state index in [1.165, 1.54) is 0 Å². The van der Waals surface area contributed by atoms with E-state index < -0.39 is 0 Å². The Morgan fingerprint density at radius 2 is 1.93 bits per heavy atom. The van der Waals surface area contributed by atoms with Gasteiger partial charge in [0.2, 0.25) is 0 Å². The van der Waals surface area contributed by atoms with Crippen LogP contribution in [0, 0.1) is 5.92 Å². The van der Waals surface area contributed by atoms with E-state index in [0.717, 1.165) is 26.6 Å². The second kappa shape index (κ2) is 7.79. The summed E-state index contributed by atoms with van der Waals surface area (Å²) < 4.78 is 2.97. The molecular formula is C21H24N6OS. The Kier molecular flexibility index (Phi) is 5.19. The van der Waals surface area contributed by atoms with E-state index in [-0.39, 0.29) is 18.0 Å². The zero-order valence-electron chi connectivity index (χ0n) is 16.9. The molecule has 2 amide bonds. The average molecular weight is 409 g/mol. The summed E-state index contributed by atoms with van der Waals surface area (Å²) in [6.45, 7) is 8.35. The standard InChI is InChI=1S/C21H24N6OS/c1-12(2)18(19-26-25-17-7-5-6-10-27(17)19)24-21(28)22-14-8-9-15-16(11-14)29-20(23-15)13(3)4/h5-13,18H,1-4H3,(H2,22,24,28). The number of pyridine rings is 1. The van der Waals surface area contributed by atoms with Crippen molar-refractivity contribution in [1.82, 2.24) is 24.9 Å². The van der Waals surface area contributed by atoms with E-state index in [0.29, 0.717) is 11.7 Å². The van der Waals surface area contributed by atoms with Gasteiger partial charge in [-0.1, -0.05) is 33.8 Å². The lowest BCUT2D eigenvalue weighted by Gasteiger charge is -2.21. The maximum absolute atomic E-state index is 12.7. The van der Waals surface area contributed by atoms with Crippen molar-refractivity contribution in [3.05, 3.63) is 53.4 Å². The molecule has 29 heavy (non-hydrogen) atoms. The molecule has 1 atom stereocenters. The first-order valence-electron chi connectivity index (χ1n) is 9.70. The number of carbonyl (C=O) groups excluding carboxylic acids is 1. The van der Waals surface area contributed by atoms with Crippen LogP contribution in [0.15, 0.2) is 42.6 Å². The first-order valence-corrected chi connectivity index (χ1v) is 10.5. The first-order chi connectivity index (χ1) is 13.9. The van der Waals surface area contributed by atoms with Gasteiger partial charge in [-0.15, -0.1) is 21.5 Å². The number of carbonyl (C=O) groups is 1. The number of aromatic nitrogens is 4. The van der Waals surface area contributed by atoms with E-state index in [9.17, 15) is 4.79 Å². The van der Waals surface area contributed by atoms with E-state index in [2.05, 4.69) is 39.7 Å². The maximum Gasteiger partial charge on any atom is 0.319 e. The second-order valence-electron chi connectivity index (χ2n) is 7.70. The molecule has 0 bridgehead atoms. The van der Waals surface area contributed by atoms with Crippen molar-refractivity contribution in [3.8, 4) is 0 Å². The van der Waals surface area contributed by atoms with Crippen molar-refractivity contribution in [2.24, 2.45) is 5.92 Å². The molecule has 0 saturated heterocycles. The minimum atomic E-state index is -0.274. The topological polar surface area (TPSA) is 84.2 Å². The normalized spacial score (nSPS) is 12.8. The molecule has 0 aliphatic carbocycles. The summed E-state index contributed by atoms with van der Waals surface area (Å²) in [5.41, 5.74) is 2.45. The molecule has 0 saturated carbocycles. The number of nitrogens with one attached hydrogen (secondary N) is 2. The van der Waals surface area contributed by atoms with Gasteiger partial charge in [0.15, 0.2) is 11.5 Å². The Bertz CT molecular complexity index is 1160. The van der Waals surface area contributed by atoms with Gasteiger partial charge in [-0.25, -0.2) is 9.78 Å². The smallest absolute Gasteiger partial charge is 0.319 e. The third kappa shape index (κ3) is 3.93.